The molecule has 0 atom stereocenters. The van der Waals surface area contributed by atoms with Gasteiger partial charge in [-0.05, 0) is 18.6 Å². The summed E-state index contributed by atoms with van der Waals surface area (Å²) in [6.07, 6.45) is 2.19. The normalized spacial score (nSPS) is 14.5. The molecule has 0 saturated carbocycles. The molecule has 1 aromatic carbocycles. The average Bonchev–Trinajstić information content (AvgIpc) is 2.64. The van der Waals surface area contributed by atoms with Crippen LogP contribution in [0.1, 0.15) is 6.42 Å². The number of aromatic amines is 1. The minimum Gasteiger partial charge on any atom is -0.491 e. The number of rotatable bonds is 1. The van der Waals surface area contributed by atoms with Crippen LogP contribution in [0, 0.1) is 0 Å². The van der Waals surface area contributed by atoms with Crippen LogP contribution < -0.4 is 15.2 Å². The van der Waals surface area contributed by atoms with E-state index in [0.717, 1.165) is 17.9 Å². The maximum atomic E-state index is 11.6. The highest BCUT2D eigenvalue weighted by Gasteiger charge is 2.21. The third kappa shape index (κ3) is 2.17. The average molecular weight is 278 g/mol. The molecule has 0 aliphatic carbocycles. The Morgan fingerprint density at radius 2 is 2.21 bits per heavy atom. The summed E-state index contributed by atoms with van der Waals surface area (Å²) in [5, 5.41) is 0.0965. The van der Waals surface area contributed by atoms with Crippen LogP contribution >= 0.6 is 11.6 Å². The number of ether oxygens (including phenoxy) is 1. The Hall–Kier alpha value is -2.01. The van der Waals surface area contributed by atoms with Gasteiger partial charge in [-0.25, -0.2) is 4.98 Å². The molecule has 0 spiro atoms. The fourth-order valence-electron chi connectivity index (χ4n) is 2.11. The summed E-state index contributed by atoms with van der Waals surface area (Å²) in [7, 11) is 0. The number of nitrogens with one attached hydrogen (secondary N) is 1. The van der Waals surface area contributed by atoms with Gasteiger partial charge in [-0.15, -0.1) is 0 Å². The zero-order valence-electron chi connectivity index (χ0n) is 10.1. The molecule has 3 rings (SSSR count). The fraction of sp³-hybridized carbons (Fsp3) is 0.231. The molecule has 19 heavy (non-hydrogen) atoms. The van der Waals surface area contributed by atoms with E-state index in [-0.39, 0.29) is 10.6 Å². The predicted octanol–water partition coefficient (Wildman–Crippen LogP) is 2.34. The Bertz CT molecular complexity index is 656. The van der Waals surface area contributed by atoms with Crippen LogP contribution in [0.3, 0.4) is 0 Å². The number of nitrogens with zero attached hydrogens (tertiary/aromatic N) is 2. The van der Waals surface area contributed by atoms with Gasteiger partial charge in [-0.1, -0.05) is 23.7 Å². The number of H-pyrrole nitrogens is 1. The van der Waals surface area contributed by atoms with E-state index in [1.54, 1.807) is 0 Å². The Balaban J connectivity index is 2.14. The summed E-state index contributed by atoms with van der Waals surface area (Å²) >= 11 is 6.06. The summed E-state index contributed by atoms with van der Waals surface area (Å²) in [5.41, 5.74) is 0.536. The second-order valence-corrected chi connectivity index (χ2v) is 4.57. The van der Waals surface area contributed by atoms with Crippen LogP contribution in [0.5, 0.6) is 5.75 Å². The highest BCUT2D eigenvalue weighted by Crippen LogP contribution is 2.36. The van der Waals surface area contributed by atoms with Gasteiger partial charge in [-0.2, -0.15) is 0 Å². The summed E-state index contributed by atoms with van der Waals surface area (Å²) in [6.45, 7) is 1.33. The van der Waals surface area contributed by atoms with E-state index in [9.17, 15) is 4.79 Å². The van der Waals surface area contributed by atoms with Crippen molar-refractivity contribution in [1.29, 1.82) is 0 Å². The molecule has 0 unspecified atom stereocenters. The summed E-state index contributed by atoms with van der Waals surface area (Å²) in [4.78, 5) is 20.2. The standard InChI is InChI=1S/C13H12ClN3O2/c14-11-12(15-8-16-13(11)18)17-6-3-7-19-10-5-2-1-4-9(10)17/h1-2,4-5,8H,3,6-7H2,(H,15,16,18). The van der Waals surface area contributed by atoms with Gasteiger partial charge in [0.2, 0.25) is 0 Å². The van der Waals surface area contributed by atoms with E-state index in [1.807, 2.05) is 29.2 Å². The zero-order chi connectivity index (χ0) is 13.2. The molecule has 6 heteroatoms. The Kier molecular flexibility index (Phi) is 3.13. The molecule has 1 aliphatic heterocycles. The first-order valence-corrected chi connectivity index (χ1v) is 6.38. The number of hydrogen-bond acceptors (Lipinski definition) is 4. The molecule has 0 bridgehead atoms. The maximum absolute atomic E-state index is 11.6. The summed E-state index contributed by atoms with van der Waals surface area (Å²) in [5.74, 6) is 1.24. The van der Waals surface area contributed by atoms with Crippen LogP contribution in [0.25, 0.3) is 0 Å². The monoisotopic (exact) mass is 277 g/mol. The van der Waals surface area contributed by atoms with Crippen molar-refractivity contribution in [3.63, 3.8) is 0 Å². The highest BCUT2D eigenvalue weighted by atomic mass is 35.5. The molecule has 0 saturated heterocycles. The van der Waals surface area contributed by atoms with Crippen molar-refractivity contribution in [2.24, 2.45) is 0 Å². The largest absolute Gasteiger partial charge is 0.491 e. The van der Waals surface area contributed by atoms with Crippen molar-refractivity contribution < 1.29 is 4.74 Å². The van der Waals surface area contributed by atoms with E-state index in [4.69, 9.17) is 16.3 Å². The number of halogens is 1. The van der Waals surface area contributed by atoms with Gasteiger partial charge in [0.1, 0.15) is 10.8 Å². The van der Waals surface area contributed by atoms with Crippen LogP contribution in [0.15, 0.2) is 35.4 Å². The molecule has 0 radical (unpaired) electrons. The smallest absolute Gasteiger partial charge is 0.271 e. The molecular weight excluding hydrogens is 266 g/mol. The first-order chi connectivity index (χ1) is 9.27. The van der Waals surface area contributed by atoms with Crippen LogP contribution in [0.4, 0.5) is 11.5 Å². The summed E-state index contributed by atoms with van der Waals surface area (Å²) < 4.78 is 5.67. The molecule has 0 amide bonds. The van der Waals surface area contributed by atoms with Gasteiger partial charge in [-0.3, -0.25) is 4.79 Å². The van der Waals surface area contributed by atoms with Crippen LogP contribution in [0.2, 0.25) is 5.02 Å². The molecule has 1 aromatic heterocycles. The third-order valence-corrected chi connectivity index (χ3v) is 3.31. The molecule has 2 aromatic rings. The van der Waals surface area contributed by atoms with Gasteiger partial charge in [0, 0.05) is 6.54 Å². The van der Waals surface area contributed by atoms with Crippen molar-refractivity contribution in [2.45, 2.75) is 6.42 Å². The van der Waals surface area contributed by atoms with E-state index in [0.29, 0.717) is 19.0 Å². The molecular formula is C13H12ClN3O2. The lowest BCUT2D eigenvalue weighted by atomic mass is 10.2. The first-order valence-electron chi connectivity index (χ1n) is 6.00. The van der Waals surface area contributed by atoms with E-state index >= 15 is 0 Å². The lowest BCUT2D eigenvalue weighted by molar-refractivity contribution is 0.322. The minimum absolute atomic E-state index is 0.0965. The summed E-state index contributed by atoms with van der Waals surface area (Å²) in [6, 6.07) is 7.66. The fourth-order valence-corrected chi connectivity index (χ4v) is 2.31. The minimum atomic E-state index is -0.339. The number of fused-ring (bicyclic) bond motifs is 1. The predicted molar refractivity (Wildman–Crippen MR) is 73.4 cm³/mol. The highest BCUT2D eigenvalue weighted by molar-refractivity contribution is 6.32. The molecule has 98 valence electrons. The number of hydrogen-bond donors (Lipinski definition) is 1. The third-order valence-electron chi connectivity index (χ3n) is 2.97. The van der Waals surface area contributed by atoms with Crippen LogP contribution in [-0.4, -0.2) is 23.1 Å². The van der Waals surface area contributed by atoms with Crippen molar-refractivity contribution in [3.8, 4) is 5.75 Å². The topological polar surface area (TPSA) is 58.2 Å². The van der Waals surface area contributed by atoms with Gasteiger partial charge in [0.15, 0.2) is 5.82 Å². The molecule has 2 heterocycles. The molecule has 5 nitrogen and oxygen atoms in total. The maximum Gasteiger partial charge on any atom is 0.271 e. The van der Waals surface area contributed by atoms with Gasteiger partial charge in [0.25, 0.3) is 5.56 Å². The lowest BCUT2D eigenvalue weighted by Gasteiger charge is -2.22. The SMILES string of the molecule is O=c1[nH]cnc(N2CCCOc3ccccc32)c1Cl. The van der Waals surface area contributed by atoms with Crippen LogP contribution in [-0.2, 0) is 0 Å². The Morgan fingerprint density at radius 3 is 3.11 bits per heavy atom. The van der Waals surface area contributed by atoms with E-state index in [1.165, 1.54) is 6.33 Å². The van der Waals surface area contributed by atoms with Crippen molar-refractivity contribution in [3.05, 3.63) is 46.0 Å². The van der Waals surface area contributed by atoms with Crippen molar-refractivity contribution in [1.82, 2.24) is 9.97 Å². The van der Waals surface area contributed by atoms with Gasteiger partial charge in [0.05, 0.1) is 18.6 Å². The van der Waals surface area contributed by atoms with Gasteiger partial charge >= 0.3 is 0 Å². The Labute approximate surface area is 114 Å². The molecule has 1 N–H and O–H groups in total. The second-order valence-electron chi connectivity index (χ2n) is 4.19. The van der Waals surface area contributed by atoms with E-state index < -0.39 is 0 Å². The number of benzene rings is 1. The number of anilines is 2. The molecule has 1 aliphatic rings. The van der Waals surface area contributed by atoms with Crippen molar-refractivity contribution >= 4 is 23.1 Å². The Morgan fingerprint density at radius 1 is 1.37 bits per heavy atom. The lowest BCUT2D eigenvalue weighted by Crippen LogP contribution is -2.22. The van der Waals surface area contributed by atoms with Gasteiger partial charge < -0.3 is 14.6 Å². The second kappa shape index (κ2) is 4.93. The number of para-hydroxylation sites is 2. The zero-order valence-corrected chi connectivity index (χ0v) is 10.9. The first kappa shape index (κ1) is 12.0. The number of aromatic nitrogens is 2. The molecule has 0 fully saturated rings. The van der Waals surface area contributed by atoms with E-state index in [2.05, 4.69) is 9.97 Å². The van der Waals surface area contributed by atoms with Crippen molar-refractivity contribution in [2.75, 3.05) is 18.1 Å². The quantitative estimate of drug-likeness (QED) is 0.869.